The number of ether oxygens (including phenoxy) is 1. The van der Waals surface area contributed by atoms with Crippen molar-refractivity contribution >= 4 is 0 Å². The number of hydrogen-bond acceptors (Lipinski definition) is 2. The third-order valence-corrected chi connectivity index (χ3v) is 14.3. The van der Waals surface area contributed by atoms with Gasteiger partial charge in [-0.3, -0.25) is 0 Å². The summed E-state index contributed by atoms with van der Waals surface area (Å²) in [6, 6.07) is 0. The normalized spacial score (nSPS) is 43.2. The molecule has 0 radical (unpaired) electrons. The highest BCUT2D eigenvalue weighted by atomic mass is 16.5. The maximum absolute atomic E-state index is 5.60. The van der Waals surface area contributed by atoms with Crippen LogP contribution in [0.25, 0.3) is 0 Å². The summed E-state index contributed by atoms with van der Waals surface area (Å²) >= 11 is 0. The molecule has 8 aliphatic carbocycles. The molecule has 2 heterocycles. The molecular weight excluding hydrogens is 522 g/mol. The summed E-state index contributed by atoms with van der Waals surface area (Å²) < 4.78 is 5.60. The number of fused-ring (bicyclic) bond motifs is 5. The summed E-state index contributed by atoms with van der Waals surface area (Å²) in [4.78, 5) is 0. The van der Waals surface area contributed by atoms with E-state index in [1.54, 1.807) is 51.4 Å². The number of hydrogen-bond donors (Lipinski definition) is 1. The van der Waals surface area contributed by atoms with Crippen LogP contribution >= 0.6 is 0 Å². The molecule has 10 atom stereocenters. The molecule has 43 heavy (non-hydrogen) atoms. The molecule has 2 heteroatoms. The van der Waals surface area contributed by atoms with Crippen LogP contribution in [0.2, 0.25) is 0 Å². The van der Waals surface area contributed by atoms with E-state index in [1.807, 2.05) is 0 Å². The molecule has 0 aromatic carbocycles. The van der Waals surface area contributed by atoms with E-state index in [1.165, 1.54) is 152 Å². The number of rotatable bonds is 0. The standard InChI is InChI=1S/2C9H16.C9H14.C8H14O.C6H11N/c3*1-2-5-9-7-3-6-8(9)4-1;1-3-7-4-2-6-9-8(7)5-1;1-2-6-4-7-3-5(1)6/h2*8-9H,1-7H2;1-2,8-9H,3-7H2;7-8H,1-6H2;5-7H,1-4H2. The van der Waals surface area contributed by atoms with Crippen LogP contribution in [0.5, 0.6) is 0 Å². The lowest BCUT2D eigenvalue weighted by Crippen LogP contribution is -2.23. The Morgan fingerprint density at radius 2 is 0.744 bits per heavy atom. The first-order valence-corrected chi connectivity index (χ1v) is 20.3. The molecule has 9 fully saturated rings. The van der Waals surface area contributed by atoms with Crippen LogP contribution in [-0.4, -0.2) is 25.8 Å². The Bertz CT molecular complexity index is 686. The fourth-order valence-corrected chi connectivity index (χ4v) is 11.4. The number of nitrogens with one attached hydrogen (secondary N) is 1. The van der Waals surface area contributed by atoms with Crippen LogP contribution in [0.4, 0.5) is 0 Å². The van der Waals surface area contributed by atoms with Gasteiger partial charge in [-0.1, -0.05) is 115 Å². The molecular formula is C41H71NO. The highest BCUT2D eigenvalue weighted by Gasteiger charge is 2.34. The van der Waals surface area contributed by atoms with E-state index < -0.39 is 0 Å². The van der Waals surface area contributed by atoms with Crippen LogP contribution in [0.3, 0.4) is 0 Å². The Hall–Kier alpha value is -0.340. The lowest BCUT2D eigenvalue weighted by molar-refractivity contribution is -0.00924. The van der Waals surface area contributed by atoms with Crippen LogP contribution in [0.15, 0.2) is 12.2 Å². The van der Waals surface area contributed by atoms with E-state index in [2.05, 4.69) is 17.5 Å². The first-order valence-electron chi connectivity index (χ1n) is 20.3. The predicted molar refractivity (Wildman–Crippen MR) is 183 cm³/mol. The van der Waals surface area contributed by atoms with Crippen molar-refractivity contribution in [3.8, 4) is 0 Å². The average molecular weight is 594 g/mol. The van der Waals surface area contributed by atoms with Gasteiger partial charge in [-0.25, -0.2) is 0 Å². The zero-order valence-corrected chi connectivity index (χ0v) is 28.3. The summed E-state index contributed by atoms with van der Waals surface area (Å²) in [5.41, 5.74) is 0. The Balaban J connectivity index is 0.0000000959. The second-order valence-electron chi connectivity index (χ2n) is 16.9. The van der Waals surface area contributed by atoms with Crippen molar-refractivity contribution < 1.29 is 4.74 Å². The van der Waals surface area contributed by atoms with Crippen LogP contribution in [0.1, 0.15) is 167 Å². The van der Waals surface area contributed by atoms with Crippen molar-refractivity contribution in [3.63, 3.8) is 0 Å². The molecule has 0 aromatic heterocycles. The minimum atomic E-state index is 0.666. The molecule has 2 aliphatic heterocycles. The van der Waals surface area contributed by atoms with Gasteiger partial charge < -0.3 is 10.1 Å². The topological polar surface area (TPSA) is 21.3 Å². The van der Waals surface area contributed by atoms with Crippen LogP contribution < -0.4 is 5.32 Å². The van der Waals surface area contributed by atoms with Gasteiger partial charge in [0.2, 0.25) is 0 Å². The summed E-state index contributed by atoms with van der Waals surface area (Å²) in [6.45, 7) is 3.65. The third-order valence-electron chi connectivity index (χ3n) is 14.3. The second kappa shape index (κ2) is 17.5. The lowest BCUT2D eigenvalue weighted by atomic mass is 9.77. The number of allylic oxidation sites excluding steroid dienone is 2. The van der Waals surface area contributed by atoms with Crippen molar-refractivity contribution in [3.05, 3.63) is 12.2 Å². The molecule has 2 nitrogen and oxygen atoms in total. The zero-order valence-electron chi connectivity index (χ0n) is 28.3. The van der Waals surface area contributed by atoms with Crippen molar-refractivity contribution in [1.29, 1.82) is 0 Å². The Labute approximate surface area is 267 Å². The Morgan fingerprint density at radius 1 is 0.349 bits per heavy atom. The first kappa shape index (κ1) is 32.6. The fourth-order valence-electron chi connectivity index (χ4n) is 11.4. The molecule has 10 aliphatic rings. The van der Waals surface area contributed by atoms with Gasteiger partial charge in [-0.2, -0.15) is 0 Å². The van der Waals surface area contributed by atoms with E-state index in [-0.39, 0.29) is 0 Å². The van der Waals surface area contributed by atoms with Gasteiger partial charge in [0.1, 0.15) is 0 Å². The maximum atomic E-state index is 5.60. The quantitative estimate of drug-likeness (QED) is 0.282. The first-order chi connectivity index (χ1) is 21.3. The Morgan fingerprint density at radius 3 is 1.19 bits per heavy atom. The summed E-state index contributed by atoms with van der Waals surface area (Å²) in [5, 5.41) is 3.38. The van der Waals surface area contributed by atoms with Gasteiger partial charge in [0, 0.05) is 6.61 Å². The maximum Gasteiger partial charge on any atom is 0.0603 e. The highest BCUT2D eigenvalue weighted by Crippen LogP contribution is 2.43. The SMILES string of the molecule is C1=CCC2CCCC2C1.C1CC2CNCC12.C1CCC2CCCC2C1.C1CCC2CCCC2C1.C1COC2CCCC2C1. The fraction of sp³-hybridized carbons (Fsp3) is 0.951. The van der Waals surface area contributed by atoms with Crippen molar-refractivity contribution in [2.45, 2.75) is 173 Å². The molecule has 7 saturated carbocycles. The molecule has 10 unspecified atom stereocenters. The zero-order chi connectivity index (χ0) is 29.1. The molecule has 0 aromatic rings. The van der Waals surface area contributed by atoms with Gasteiger partial charge >= 0.3 is 0 Å². The predicted octanol–water partition coefficient (Wildman–Crippen LogP) is 11.3. The second-order valence-corrected chi connectivity index (χ2v) is 16.9. The minimum Gasteiger partial charge on any atom is -0.378 e. The smallest absolute Gasteiger partial charge is 0.0603 e. The minimum absolute atomic E-state index is 0.666. The monoisotopic (exact) mass is 594 g/mol. The molecule has 10 rings (SSSR count). The average Bonchev–Trinajstić information content (AvgIpc) is 3.89. The third kappa shape index (κ3) is 9.59. The van der Waals surface area contributed by atoms with Crippen molar-refractivity contribution in [2.75, 3.05) is 19.7 Å². The van der Waals surface area contributed by atoms with Crippen molar-refractivity contribution in [1.82, 2.24) is 5.32 Å². The molecule has 1 N–H and O–H groups in total. The van der Waals surface area contributed by atoms with E-state index in [0.29, 0.717) is 6.10 Å². The molecule has 0 spiro atoms. The van der Waals surface area contributed by atoms with Gasteiger partial charge in [-0.05, 0) is 131 Å². The summed E-state index contributed by atoms with van der Waals surface area (Å²) in [6.07, 6.45) is 44.3. The largest absolute Gasteiger partial charge is 0.378 e. The molecule has 246 valence electrons. The van der Waals surface area contributed by atoms with Gasteiger partial charge in [-0.15, -0.1) is 0 Å². The van der Waals surface area contributed by atoms with E-state index in [4.69, 9.17) is 4.74 Å². The molecule has 0 amide bonds. The highest BCUT2D eigenvalue weighted by molar-refractivity contribution is 4.96. The van der Waals surface area contributed by atoms with Crippen LogP contribution in [0, 0.1) is 53.3 Å². The van der Waals surface area contributed by atoms with E-state index in [0.717, 1.165) is 36.2 Å². The molecule has 2 saturated heterocycles. The van der Waals surface area contributed by atoms with E-state index in [9.17, 15) is 0 Å². The van der Waals surface area contributed by atoms with Gasteiger partial charge in [0.25, 0.3) is 0 Å². The lowest BCUT2D eigenvalue weighted by Gasteiger charge is -2.28. The van der Waals surface area contributed by atoms with Crippen molar-refractivity contribution in [2.24, 2.45) is 53.3 Å². The summed E-state index contributed by atoms with van der Waals surface area (Å²) in [5.74, 6) is 9.93. The Kier molecular flexibility index (Phi) is 13.3. The van der Waals surface area contributed by atoms with Crippen LogP contribution in [-0.2, 0) is 4.74 Å². The van der Waals surface area contributed by atoms with Gasteiger partial charge in [0.15, 0.2) is 0 Å². The van der Waals surface area contributed by atoms with Gasteiger partial charge in [0.05, 0.1) is 6.10 Å². The molecule has 0 bridgehead atoms. The summed E-state index contributed by atoms with van der Waals surface area (Å²) in [7, 11) is 0. The van der Waals surface area contributed by atoms with E-state index >= 15 is 0 Å².